The lowest BCUT2D eigenvalue weighted by molar-refractivity contribution is -0.0372. The van der Waals surface area contributed by atoms with Crippen LogP contribution in [0.1, 0.15) is 28.8 Å². The van der Waals surface area contributed by atoms with Crippen molar-refractivity contribution in [1.82, 2.24) is 15.1 Å². The largest absolute Gasteiger partial charge is 0.390 e. The van der Waals surface area contributed by atoms with Crippen LogP contribution >= 0.6 is 0 Å². The van der Waals surface area contributed by atoms with E-state index in [2.05, 4.69) is 5.32 Å². The van der Waals surface area contributed by atoms with Gasteiger partial charge >= 0.3 is 6.03 Å². The number of aliphatic hydroxyl groups excluding tert-OH is 2. The number of likely N-dealkylation sites (tertiary alicyclic amines) is 1. The molecule has 1 aromatic rings. The smallest absolute Gasteiger partial charge is 0.317 e. The number of nitrogens with zero attached hydrogens (tertiary/aromatic N) is 2. The molecule has 3 rings (SSSR count). The minimum absolute atomic E-state index is 0.0705. The van der Waals surface area contributed by atoms with E-state index in [1.165, 1.54) is 4.90 Å². The van der Waals surface area contributed by atoms with Gasteiger partial charge in [-0.1, -0.05) is 12.1 Å². The lowest BCUT2D eigenvalue weighted by Crippen LogP contribution is -2.38. The lowest BCUT2D eigenvalue weighted by atomic mass is 9.79. The first-order valence-corrected chi connectivity index (χ1v) is 9.04. The van der Waals surface area contributed by atoms with Crippen molar-refractivity contribution in [3.05, 3.63) is 35.4 Å². The van der Waals surface area contributed by atoms with Crippen LogP contribution in [0.4, 0.5) is 4.79 Å². The number of aliphatic hydroxyl groups is 2. The van der Waals surface area contributed by atoms with Crippen molar-refractivity contribution >= 4 is 11.9 Å². The summed E-state index contributed by atoms with van der Waals surface area (Å²) in [7, 11) is 3.41. The number of benzene rings is 1. The molecule has 1 saturated heterocycles. The molecule has 1 aliphatic carbocycles. The molecule has 26 heavy (non-hydrogen) atoms. The van der Waals surface area contributed by atoms with Gasteiger partial charge in [-0.3, -0.25) is 4.79 Å². The second-order valence-corrected chi connectivity index (χ2v) is 7.59. The first-order valence-electron chi connectivity index (χ1n) is 9.04. The Morgan fingerprint density at radius 1 is 1.15 bits per heavy atom. The quantitative estimate of drug-likeness (QED) is 0.737. The van der Waals surface area contributed by atoms with E-state index in [1.54, 1.807) is 31.1 Å². The van der Waals surface area contributed by atoms with Gasteiger partial charge in [0.05, 0.1) is 12.2 Å². The third-order valence-corrected chi connectivity index (χ3v) is 5.42. The molecule has 4 atom stereocenters. The molecule has 0 bridgehead atoms. The van der Waals surface area contributed by atoms with Gasteiger partial charge in [-0.05, 0) is 42.4 Å². The molecule has 7 nitrogen and oxygen atoms in total. The van der Waals surface area contributed by atoms with Crippen LogP contribution in [0, 0.1) is 11.8 Å². The van der Waals surface area contributed by atoms with Crippen LogP contribution in [0.5, 0.6) is 0 Å². The van der Waals surface area contributed by atoms with Crippen molar-refractivity contribution in [3.8, 4) is 0 Å². The van der Waals surface area contributed by atoms with E-state index in [0.717, 1.165) is 5.56 Å². The zero-order valence-electron chi connectivity index (χ0n) is 15.3. The summed E-state index contributed by atoms with van der Waals surface area (Å²) in [5, 5.41) is 22.5. The second kappa shape index (κ2) is 7.63. The van der Waals surface area contributed by atoms with Gasteiger partial charge in [0.2, 0.25) is 0 Å². The van der Waals surface area contributed by atoms with Crippen molar-refractivity contribution in [1.29, 1.82) is 0 Å². The molecule has 1 aromatic carbocycles. The Hall–Kier alpha value is -2.12. The SMILES string of the molecule is CN(C)C(=O)c1cccc(CNC(=O)N2C[C@H]3C[C@H](O)[C@H](O)C[C@H]3C2)c1. The first-order chi connectivity index (χ1) is 12.3. The van der Waals surface area contributed by atoms with Gasteiger partial charge in [0.25, 0.3) is 5.91 Å². The van der Waals surface area contributed by atoms with E-state index in [0.29, 0.717) is 38.0 Å². The summed E-state index contributed by atoms with van der Waals surface area (Å²) in [5.41, 5.74) is 1.46. The number of nitrogens with one attached hydrogen (secondary N) is 1. The standard InChI is InChI=1S/C19H27N3O4/c1-21(2)18(25)13-5-3-4-12(6-13)9-20-19(26)22-10-14-7-16(23)17(24)8-15(14)11-22/h3-6,14-17,23-24H,7-11H2,1-2H3,(H,20,26)/t14-,15+,16+,17-. The Morgan fingerprint density at radius 3 is 2.35 bits per heavy atom. The van der Waals surface area contributed by atoms with Crippen LogP contribution in [0.25, 0.3) is 0 Å². The Labute approximate surface area is 153 Å². The summed E-state index contributed by atoms with van der Waals surface area (Å²) in [6.45, 7) is 1.57. The van der Waals surface area contributed by atoms with Gasteiger partial charge in [0.15, 0.2) is 0 Å². The van der Waals surface area contributed by atoms with Crippen molar-refractivity contribution in [2.75, 3.05) is 27.2 Å². The molecule has 0 aromatic heterocycles. The minimum atomic E-state index is -0.684. The molecule has 0 radical (unpaired) electrons. The molecular formula is C19H27N3O4. The Morgan fingerprint density at radius 2 is 1.77 bits per heavy atom. The summed E-state index contributed by atoms with van der Waals surface area (Å²) >= 11 is 0. The van der Waals surface area contributed by atoms with E-state index in [4.69, 9.17) is 0 Å². The fourth-order valence-corrected chi connectivity index (χ4v) is 3.94. The maximum Gasteiger partial charge on any atom is 0.317 e. The molecular weight excluding hydrogens is 334 g/mol. The number of hydrogen-bond donors (Lipinski definition) is 3. The maximum atomic E-state index is 12.5. The average Bonchev–Trinajstić information content (AvgIpc) is 3.02. The Balaban J connectivity index is 1.55. The van der Waals surface area contributed by atoms with Crippen LogP contribution < -0.4 is 5.32 Å². The van der Waals surface area contributed by atoms with Gasteiger partial charge in [-0.25, -0.2) is 4.79 Å². The zero-order chi connectivity index (χ0) is 18.8. The van der Waals surface area contributed by atoms with Crippen molar-refractivity contribution < 1.29 is 19.8 Å². The Kier molecular flexibility index (Phi) is 5.48. The van der Waals surface area contributed by atoms with Crippen molar-refractivity contribution in [3.63, 3.8) is 0 Å². The van der Waals surface area contributed by atoms with E-state index in [9.17, 15) is 19.8 Å². The molecule has 1 saturated carbocycles. The number of fused-ring (bicyclic) bond motifs is 1. The summed E-state index contributed by atoms with van der Waals surface area (Å²) in [6, 6.07) is 7.09. The van der Waals surface area contributed by atoms with Gasteiger partial charge in [0, 0.05) is 39.3 Å². The van der Waals surface area contributed by atoms with E-state index in [-0.39, 0.29) is 23.8 Å². The second-order valence-electron chi connectivity index (χ2n) is 7.59. The predicted molar refractivity (Wildman–Crippen MR) is 96.5 cm³/mol. The maximum absolute atomic E-state index is 12.5. The van der Waals surface area contributed by atoms with Gasteiger partial charge in [-0.2, -0.15) is 0 Å². The third kappa shape index (κ3) is 3.99. The van der Waals surface area contributed by atoms with Crippen molar-refractivity contribution in [2.24, 2.45) is 11.8 Å². The van der Waals surface area contributed by atoms with E-state index in [1.807, 2.05) is 12.1 Å². The number of hydrogen-bond acceptors (Lipinski definition) is 4. The molecule has 142 valence electrons. The molecule has 0 unspecified atom stereocenters. The van der Waals surface area contributed by atoms with Crippen LogP contribution in [0.2, 0.25) is 0 Å². The highest BCUT2D eigenvalue weighted by Gasteiger charge is 2.42. The normalized spacial score (nSPS) is 27.8. The number of amides is 3. The van der Waals surface area contributed by atoms with Crippen LogP contribution in [0.15, 0.2) is 24.3 Å². The highest BCUT2D eigenvalue weighted by atomic mass is 16.3. The molecule has 3 amide bonds. The Bertz CT molecular complexity index is 661. The van der Waals surface area contributed by atoms with Gasteiger partial charge < -0.3 is 25.3 Å². The molecule has 2 fully saturated rings. The molecule has 2 aliphatic rings. The zero-order valence-corrected chi connectivity index (χ0v) is 15.3. The monoisotopic (exact) mass is 361 g/mol. The lowest BCUT2D eigenvalue weighted by Gasteiger charge is -2.31. The number of urea groups is 1. The fourth-order valence-electron chi connectivity index (χ4n) is 3.94. The minimum Gasteiger partial charge on any atom is -0.390 e. The van der Waals surface area contributed by atoms with Gasteiger partial charge in [-0.15, -0.1) is 0 Å². The molecule has 1 heterocycles. The number of carbonyl (C=O) groups is 2. The third-order valence-electron chi connectivity index (χ3n) is 5.42. The molecule has 1 aliphatic heterocycles. The fraction of sp³-hybridized carbons (Fsp3) is 0.579. The summed E-state index contributed by atoms with van der Waals surface area (Å²) in [4.78, 5) is 27.8. The van der Waals surface area contributed by atoms with Gasteiger partial charge in [0.1, 0.15) is 0 Å². The van der Waals surface area contributed by atoms with Crippen LogP contribution in [0.3, 0.4) is 0 Å². The van der Waals surface area contributed by atoms with Crippen molar-refractivity contribution in [2.45, 2.75) is 31.6 Å². The van der Waals surface area contributed by atoms with Crippen LogP contribution in [-0.2, 0) is 6.54 Å². The number of rotatable bonds is 3. The number of carbonyl (C=O) groups excluding carboxylic acids is 2. The predicted octanol–water partition coefficient (Wildman–Crippen LogP) is 0.662. The first kappa shape index (κ1) is 18.7. The average molecular weight is 361 g/mol. The summed E-state index contributed by atoms with van der Waals surface area (Å²) < 4.78 is 0. The summed E-state index contributed by atoms with van der Waals surface area (Å²) in [5.74, 6) is 0.430. The highest BCUT2D eigenvalue weighted by molar-refractivity contribution is 5.94. The summed E-state index contributed by atoms with van der Waals surface area (Å²) in [6.07, 6.45) is -0.276. The molecule has 3 N–H and O–H groups in total. The molecule has 0 spiro atoms. The van der Waals surface area contributed by atoms with E-state index < -0.39 is 12.2 Å². The van der Waals surface area contributed by atoms with Crippen LogP contribution in [-0.4, -0.2) is 71.3 Å². The van der Waals surface area contributed by atoms with E-state index >= 15 is 0 Å². The molecule has 7 heteroatoms. The highest BCUT2D eigenvalue weighted by Crippen LogP contribution is 2.36. The topological polar surface area (TPSA) is 93.1 Å².